The summed E-state index contributed by atoms with van der Waals surface area (Å²) in [5.74, 6) is 0.549. The minimum atomic E-state index is -0.198. The summed E-state index contributed by atoms with van der Waals surface area (Å²) in [6, 6.07) is 27.7. The Bertz CT molecular complexity index is 1020. The molecule has 6 heteroatoms. The molecule has 0 saturated carbocycles. The van der Waals surface area contributed by atoms with E-state index in [1.165, 1.54) is 11.3 Å². The van der Waals surface area contributed by atoms with E-state index in [2.05, 4.69) is 34.5 Å². The number of benzene rings is 3. The third-order valence-electron chi connectivity index (χ3n) is 5.53. The zero-order valence-electron chi connectivity index (χ0n) is 17.9. The molecule has 0 atom stereocenters. The first kappa shape index (κ1) is 21.8. The van der Waals surface area contributed by atoms with Crippen molar-refractivity contribution in [1.29, 1.82) is 0 Å². The number of nitrogens with zero attached hydrogens (tertiary/aromatic N) is 2. The second-order valence-corrected chi connectivity index (χ2v) is 8.06. The van der Waals surface area contributed by atoms with Gasteiger partial charge in [0, 0.05) is 43.9 Å². The Labute approximate surface area is 194 Å². The number of anilines is 1. The lowest BCUT2D eigenvalue weighted by molar-refractivity contribution is 0.0973. The van der Waals surface area contributed by atoms with Crippen molar-refractivity contribution in [1.82, 2.24) is 10.2 Å². The number of carbonyl (C=O) groups is 1. The number of hydrogen-bond donors (Lipinski definition) is 1. The van der Waals surface area contributed by atoms with Gasteiger partial charge < -0.3 is 14.5 Å². The summed E-state index contributed by atoms with van der Waals surface area (Å²) in [5, 5.41) is 3.34. The van der Waals surface area contributed by atoms with Crippen molar-refractivity contribution in [3.05, 3.63) is 96.1 Å². The molecule has 5 nitrogen and oxygen atoms in total. The van der Waals surface area contributed by atoms with Crippen LogP contribution in [0.3, 0.4) is 0 Å². The maximum absolute atomic E-state index is 12.6. The average molecular weight is 446 g/mol. The normalized spacial score (nSPS) is 13.5. The predicted octanol–water partition coefficient (Wildman–Crippen LogP) is 4.15. The summed E-state index contributed by atoms with van der Waals surface area (Å²) in [5.41, 5.74) is 3.01. The highest BCUT2D eigenvalue weighted by atomic mass is 32.1. The molecule has 3 aromatic rings. The molecule has 32 heavy (non-hydrogen) atoms. The van der Waals surface area contributed by atoms with Gasteiger partial charge in [-0.1, -0.05) is 48.5 Å². The van der Waals surface area contributed by atoms with Crippen molar-refractivity contribution < 1.29 is 9.53 Å². The van der Waals surface area contributed by atoms with Crippen molar-refractivity contribution in [3.63, 3.8) is 0 Å². The van der Waals surface area contributed by atoms with Gasteiger partial charge >= 0.3 is 0 Å². The first-order valence-electron chi connectivity index (χ1n) is 10.9. The van der Waals surface area contributed by atoms with Crippen LogP contribution in [0.15, 0.2) is 84.9 Å². The lowest BCUT2D eigenvalue weighted by Crippen LogP contribution is -2.52. The smallest absolute Gasteiger partial charge is 0.257 e. The molecular weight excluding hydrogens is 418 g/mol. The van der Waals surface area contributed by atoms with Gasteiger partial charge in [0.25, 0.3) is 5.91 Å². The van der Waals surface area contributed by atoms with E-state index >= 15 is 0 Å². The molecule has 0 aliphatic carbocycles. The van der Waals surface area contributed by atoms with E-state index in [-0.39, 0.29) is 5.91 Å². The summed E-state index contributed by atoms with van der Waals surface area (Å²) in [6.45, 7) is 3.89. The quantitative estimate of drug-likeness (QED) is 0.578. The summed E-state index contributed by atoms with van der Waals surface area (Å²) in [4.78, 5) is 17.0. The predicted molar refractivity (Wildman–Crippen MR) is 132 cm³/mol. The first-order valence-corrected chi connectivity index (χ1v) is 11.3. The van der Waals surface area contributed by atoms with E-state index in [9.17, 15) is 4.79 Å². The summed E-state index contributed by atoms with van der Waals surface area (Å²) < 4.78 is 5.80. The Balaban J connectivity index is 1.22. The van der Waals surface area contributed by atoms with Gasteiger partial charge in [-0.15, -0.1) is 0 Å². The third-order valence-corrected chi connectivity index (χ3v) is 5.89. The number of ether oxygens (including phenoxy) is 1. The highest BCUT2D eigenvalue weighted by molar-refractivity contribution is 7.80. The van der Waals surface area contributed by atoms with E-state index in [0.29, 0.717) is 17.3 Å². The molecule has 164 valence electrons. The van der Waals surface area contributed by atoms with Gasteiger partial charge in [-0.2, -0.15) is 0 Å². The Kier molecular flexibility index (Phi) is 7.35. The van der Waals surface area contributed by atoms with Crippen LogP contribution in [-0.2, 0) is 6.42 Å². The highest BCUT2D eigenvalue weighted by Gasteiger charge is 2.20. The van der Waals surface area contributed by atoms with E-state index in [4.69, 9.17) is 17.0 Å². The minimum Gasteiger partial charge on any atom is -0.493 e. The second kappa shape index (κ2) is 10.8. The van der Waals surface area contributed by atoms with Crippen LogP contribution in [-0.4, -0.2) is 48.7 Å². The molecule has 1 N–H and O–H groups in total. The van der Waals surface area contributed by atoms with E-state index < -0.39 is 0 Å². The fourth-order valence-electron chi connectivity index (χ4n) is 3.69. The number of hydrogen-bond acceptors (Lipinski definition) is 4. The number of carbonyl (C=O) groups excluding carboxylic acids is 1. The molecule has 1 aliphatic rings. The van der Waals surface area contributed by atoms with Crippen LogP contribution in [0.4, 0.5) is 5.69 Å². The van der Waals surface area contributed by atoms with Crippen LogP contribution in [0.25, 0.3) is 0 Å². The number of piperazine rings is 1. The third kappa shape index (κ3) is 5.86. The zero-order chi connectivity index (χ0) is 22.2. The SMILES string of the molecule is O=C(NC(=S)N1CCN(c2ccccc2)CC1)c1ccc(OCCc2ccccc2)cc1. The van der Waals surface area contributed by atoms with E-state index in [0.717, 1.165) is 38.3 Å². The van der Waals surface area contributed by atoms with Gasteiger partial charge in [-0.3, -0.25) is 10.1 Å². The maximum atomic E-state index is 12.6. The monoisotopic (exact) mass is 445 g/mol. The van der Waals surface area contributed by atoms with Crippen molar-refractivity contribution in [2.24, 2.45) is 0 Å². The van der Waals surface area contributed by atoms with E-state index in [1.807, 2.05) is 53.4 Å². The Hall–Kier alpha value is -3.38. The van der Waals surface area contributed by atoms with Crippen molar-refractivity contribution in [2.75, 3.05) is 37.7 Å². The molecule has 0 aromatic heterocycles. The van der Waals surface area contributed by atoms with Crippen molar-refractivity contribution in [2.45, 2.75) is 6.42 Å². The summed E-state index contributed by atoms with van der Waals surface area (Å²) in [6.07, 6.45) is 0.842. The van der Waals surface area contributed by atoms with Crippen molar-refractivity contribution >= 4 is 28.9 Å². The number of para-hydroxylation sites is 1. The minimum absolute atomic E-state index is 0.198. The molecule has 1 heterocycles. The van der Waals surface area contributed by atoms with Crippen LogP contribution in [0.5, 0.6) is 5.75 Å². The van der Waals surface area contributed by atoms with E-state index in [1.54, 1.807) is 12.1 Å². The molecule has 1 aliphatic heterocycles. The lowest BCUT2D eigenvalue weighted by Gasteiger charge is -2.37. The Morgan fingerprint density at radius 1 is 0.844 bits per heavy atom. The number of thiocarbonyl (C=S) groups is 1. The van der Waals surface area contributed by atoms with Crippen LogP contribution in [0.1, 0.15) is 15.9 Å². The Morgan fingerprint density at radius 2 is 1.47 bits per heavy atom. The molecule has 0 unspecified atom stereocenters. The van der Waals surface area contributed by atoms with Crippen LogP contribution >= 0.6 is 12.2 Å². The molecule has 1 amide bonds. The molecule has 3 aromatic carbocycles. The molecule has 0 bridgehead atoms. The topological polar surface area (TPSA) is 44.8 Å². The molecule has 0 radical (unpaired) electrons. The second-order valence-electron chi connectivity index (χ2n) is 7.68. The lowest BCUT2D eigenvalue weighted by atomic mass is 10.2. The molecule has 0 spiro atoms. The summed E-state index contributed by atoms with van der Waals surface area (Å²) in [7, 11) is 0. The molecule has 4 rings (SSSR count). The van der Waals surface area contributed by atoms with Crippen molar-refractivity contribution in [3.8, 4) is 5.75 Å². The number of amides is 1. The first-order chi connectivity index (χ1) is 15.7. The van der Waals surface area contributed by atoms with Crippen LogP contribution in [0, 0.1) is 0 Å². The van der Waals surface area contributed by atoms with Crippen LogP contribution in [0.2, 0.25) is 0 Å². The van der Waals surface area contributed by atoms with Gasteiger partial charge in [-0.05, 0) is 54.2 Å². The Morgan fingerprint density at radius 3 is 2.12 bits per heavy atom. The van der Waals surface area contributed by atoms with Gasteiger partial charge in [-0.25, -0.2) is 0 Å². The van der Waals surface area contributed by atoms with Gasteiger partial charge in [0.2, 0.25) is 0 Å². The number of rotatable bonds is 6. The largest absolute Gasteiger partial charge is 0.493 e. The zero-order valence-corrected chi connectivity index (χ0v) is 18.8. The van der Waals surface area contributed by atoms with Gasteiger partial charge in [0.05, 0.1) is 6.61 Å². The van der Waals surface area contributed by atoms with Gasteiger partial charge in [0.15, 0.2) is 5.11 Å². The number of nitrogens with one attached hydrogen (secondary N) is 1. The van der Waals surface area contributed by atoms with Crippen LogP contribution < -0.4 is 15.0 Å². The average Bonchev–Trinajstić information content (AvgIpc) is 2.86. The highest BCUT2D eigenvalue weighted by Crippen LogP contribution is 2.16. The molecule has 1 saturated heterocycles. The fourth-order valence-corrected chi connectivity index (χ4v) is 3.96. The summed E-state index contributed by atoms with van der Waals surface area (Å²) >= 11 is 5.49. The molecular formula is C26H27N3O2S. The van der Waals surface area contributed by atoms with Gasteiger partial charge in [0.1, 0.15) is 5.75 Å². The molecule has 1 fully saturated rings. The standard InChI is InChI=1S/C26H27N3O2S/c30-25(22-11-13-24(14-12-22)31-20-15-21-7-3-1-4-8-21)27-26(32)29-18-16-28(17-19-29)23-9-5-2-6-10-23/h1-14H,15-20H2,(H,27,30,32). The maximum Gasteiger partial charge on any atom is 0.257 e. The fraction of sp³-hybridized carbons (Fsp3) is 0.231.